The maximum Gasteiger partial charge on any atom is 0.253 e. The van der Waals surface area contributed by atoms with Crippen LogP contribution in [0.15, 0.2) is 53.4 Å². The van der Waals surface area contributed by atoms with Crippen molar-refractivity contribution in [1.82, 2.24) is 15.2 Å². The summed E-state index contributed by atoms with van der Waals surface area (Å²) in [4.78, 5) is 24.1. The topological polar surface area (TPSA) is 105 Å². The van der Waals surface area contributed by atoms with Gasteiger partial charge in [-0.05, 0) is 43.7 Å². The zero-order valence-electron chi connectivity index (χ0n) is 16.6. The van der Waals surface area contributed by atoms with E-state index >= 15 is 0 Å². The minimum Gasteiger partial charge on any atom is -0.494 e. The molecule has 2 amide bonds. The third-order valence-electron chi connectivity index (χ3n) is 4.04. The van der Waals surface area contributed by atoms with Gasteiger partial charge >= 0.3 is 0 Å². The number of rotatable bonds is 8. The van der Waals surface area contributed by atoms with Crippen LogP contribution in [-0.2, 0) is 26.0 Å². The van der Waals surface area contributed by atoms with E-state index < -0.39 is 28.4 Å². The smallest absolute Gasteiger partial charge is 0.253 e. The van der Waals surface area contributed by atoms with Crippen LogP contribution in [0.3, 0.4) is 0 Å². The van der Waals surface area contributed by atoms with E-state index in [0.29, 0.717) is 12.4 Å². The van der Waals surface area contributed by atoms with Crippen LogP contribution in [0.5, 0.6) is 5.75 Å². The number of amides is 2. The van der Waals surface area contributed by atoms with Crippen LogP contribution in [0.25, 0.3) is 0 Å². The number of hydrazine groups is 1. The number of sulfonamides is 1. The first kappa shape index (κ1) is 22.4. The zero-order valence-corrected chi connectivity index (χ0v) is 17.5. The molecule has 0 heterocycles. The Hall–Kier alpha value is -2.91. The number of hydrogen-bond donors (Lipinski definition) is 2. The Morgan fingerprint density at radius 2 is 1.55 bits per heavy atom. The van der Waals surface area contributed by atoms with Crippen molar-refractivity contribution in [3.05, 3.63) is 59.7 Å². The molecule has 0 aliphatic carbocycles. The zero-order chi connectivity index (χ0) is 21.4. The lowest BCUT2D eigenvalue weighted by atomic mass is 10.1. The highest BCUT2D eigenvalue weighted by atomic mass is 32.2. The van der Waals surface area contributed by atoms with Gasteiger partial charge in [-0.2, -0.15) is 4.31 Å². The summed E-state index contributed by atoms with van der Waals surface area (Å²) in [6, 6.07) is 13.4. The lowest BCUT2D eigenvalue weighted by Gasteiger charge is -2.17. The van der Waals surface area contributed by atoms with Gasteiger partial charge in [0.2, 0.25) is 15.9 Å². The number of carbonyl (C=O) groups excluding carboxylic acids is 2. The van der Waals surface area contributed by atoms with Gasteiger partial charge < -0.3 is 4.74 Å². The standard InChI is InChI=1S/C20H25N3O5S/c1-4-28-17-9-7-16(8-10-17)13-19(24)21-22-20(25)14-23(3)29(26,27)18-11-5-15(2)6-12-18/h5-12H,4,13-14H2,1-3H3,(H,21,24)(H,22,25). The molecule has 0 unspecified atom stereocenters. The molecular formula is C20H25N3O5S. The normalized spacial score (nSPS) is 11.2. The maximum absolute atomic E-state index is 12.5. The predicted molar refractivity (Wildman–Crippen MR) is 109 cm³/mol. The molecule has 9 heteroatoms. The maximum atomic E-state index is 12.5. The second kappa shape index (κ2) is 10.0. The first-order chi connectivity index (χ1) is 13.7. The Morgan fingerprint density at radius 3 is 2.14 bits per heavy atom. The number of ether oxygens (including phenoxy) is 1. The molecule has 2 N–H and O–H groups in total. The van der Waals surface area contributed by atoms with Crippen molar-refractivity contribution in [2.75, 3.05) is 20.2 Å². The molecule has 0 atom stereocenters. The number of nitrogens with one attached hydrogen (secondary N) is 2. The number of nitrogens with zero attached hydrogens (tertiary/aromatic N) is 1. The lowest BCUT2D eigenvalue weighted by Crippen LogP contribution is -2.47. The van der Waals surface area contributed by atoms with E-state index in [4.69, 9.17) is 4.74 Å². The molecular weight excluding hydrogens is 394 g/mol. The van der Waals surface area contributed by atoms with Crippen molar-refractivity contribution in [3.8, 4) is 5.75 Å². The molecule has 0 aliphatic rings. The van der Waals surface area contributed by atoms with Crippen molar-refractivity contribution in [1.29, 1.82) is 0 Å². The van der Waals surface area contributed by atoms with Gasteiger partial charge in [0.05, 0.1) is 24.5 Å². The van der Waals surface area contributed by atoms with Crippen LogP contribution < -0.4 is 15.6 Å². The Bertz CT molecular complexity index is 941. The van der Waals surface area contributed by atoms with Crippen molar-refractivity contribution in [2.45, 2.75) is 25.2 Å². The van der Waals surface area contributed by atoms with Crippen molar-refractivity contribution < 1.29 is 22.7 Å². The van der Waals surface area contributed by atoms with E-state index in [1.54, 1.807) is 36.4 Å². The number of carbonyl (C=O) groups is 2. The highest BCUT2D eigenvalue weighted by Crippen LogP contribution is 2.15. The summed E-state index contributed by atoms with van der Waals surface area (Å²) in [6.45, 7) is 3.86. The minimum absolute atomic E-state index is 0.0597. The minimum atomic E-state index is -3.80. The van der Waals surface area contributed by atoms with Crippen molar-refractivity contribution in [2.24, 2.45) is 0 Å². The van der Waals surface area contributed by atoms with Gasteiger partial charge in [0.15, 0.2) is 0 Å². The van der Waals surface area contributed by atoms with E-state index in [9.17, 15) is 18.0 Å². The van der Waals surface area contributed by atoms with E-state index in [1.807, 2.05) is 13.8 Å². The van der Waals surface area contributed by atoms with Crippen molar-refractivity contribution in [3.63, 3.8) is 0 Å². The Morgan fingerprint density at radius 1 is 0.966 bits per heavy atom. The van der Waals surface area contributed by atoms with Crippen LogP contribution >= 0.6 is 0 Å². The van der Waals surface area contributed by atoms with E-state index in [0.717, 1.165) is 15.4 Å². The third-order valence-corrected chi connectivity index (χ3v) is 5.85. The first-order valence-corrected chi connectivity index (χ1v) is 10.5. The van der Waals surface area contributed by atoms with Gasteiger partial charge in [0.25, 0.3) is 5.91 Å². The second-order valence-electron chi connectivity index (χ2n) is 6.42. The Labute approximate surface area is 170 Å². The van der Waals surface area contributed by atoms with Gasteiger partial charge in [-0.15, -0.1) is 0 Å². The second-order valence-corrected chi connectivity index (χ2v) is 8.47. The Balaban J connectivity index is 1.83. The fraction of sp³-hybridized carbons (Fsp3) is 0.300. The number of benzene rings is 2. The van der Waals surface area contributed by atoms with E-state index in [-0.39, 0.29) is 11.3 Å². The summed E-state index contributed by atoms with van der Waals surface area (Å²) in [5.74, 6) is -0.363. The Kier molecular flexibility index (Phi) is 7.74. The number of aryl methyl sites for hydroxylation is 1. The van der Waals surface area contributed by atoms with Crippen LogP contribution in [0.4, 0.5) is 0 Å². The highest BCUT2D eigenvalue weighted by molar-refractivity contribution is 7.89. The summed E-state index contributed by atoms with van der Waals surface area (Å²) in [6.07, 6.45) is 0.0597. The summed E-state index contributed by atoms with van der Waals surface area (Å²) < 4.78 is 31.2. The lowest BCUT2D eigenvalue weighted by molar-refractivity contribution is -0.128. The summed E-state index contributed by atoms with van der Waals surface area (Å²) in [5, 5.41) is 0. The monoisotopic (exact) mass is 419 g/mol. The van der Waals surface area contributed by atoms with Gasteiger partial charge in [0.1, 0.15) is 5.75 Å². The number of hydrogen-bond acceptors (Lipinski definition) is 5. The average Bonchev–Trinajstić information content (AvgIpc) is 2.68. The molecule has 0 spiro atoms. The summed E-state index contributed by atoms with van der Waals surface area (Å²) >= 11 is 0. The van der Waals surface area contributed by atoms with Crippen molar-refractivity contribution >= 4 is 21.8 Å². The molecule has 2 aromatic carbocycles. The number of likely N-dealkylation sites (N-methyl/N-ethyl adjacent to an activating group) is 1. The van der Waals surface area contributed by atoms with Crippen LogP contribution in [0.1, 0.15) is 18.1 Å². The quantitative estimate of drug-likeness (QED) is 0.630. The average molecular weight is 420 g/mol. The molecule has 0 aromatic heterocycles. The first-order valence-electron chi connectivity index (χ1n) is 9.05. The third kappa shape index (κ3) is 6.58. The molecule has 0 fully saturated rings. The summed E-state index contributed by atoms with van der Waals surface area (Å²) in [5.41, 5.74) is 6.19. The molecule has 0 aliphatic heterocycles. The molecule has 0 radical (unpaired) electrons. The van der Waals surface area contributed by atoms with Crippen LogP contribution in [0, 0.1) is 6.92 Å². The predicted octanol–water partition coefficient (Wildman–Crippen LogP) is 1.40. The molecule has 29 heavy (non-hydrogen) atoms. The molecule has 0 bridgehead atoms. The van der Waals surface area contributed by atoms with E-state index in [1.165, 1.54) is 19.2 Å². The van der Waals surface area contributed by atoms with Gasteiger partial charge in [-0.25, -0.2) is 8.42 Å². The molecule has 0 saturated carbocycles. The van der Waals surface area contributed by atoms with Crippen LogP contribution in [0.2, 0.25) is 0 Å². The molecule has 156 valence electrons. The fourth-order valence-electron chi connectivity index (χ4n) is 2.46. The molecule has 2 aromatic rings. The van der Waals surface area contributed by atoms with Gasteiger partial charge in [-0.3, -0.25) is 20.4 Å². The molecule has 0 saturated heterocycles. The summed E-state index contributed by atoms with van der Waals surface area (Å²) in [7, 11) is -2.50. The molecule has 8 nitrogen and oxygen atoms in total. The SMILES string of the molecule is CCOc1ccc(CC(=O)NNC(=O)CN(C)S(=O)(=O)c2ccc(C)cc2)cc1. The van der Waals surface area contributed by atoms with E-state index in [2.05, 4.69) is 10.9 Å². The molecule has 2 rings (SSSR count). The highest BCUT2D eigenvalue weighted by Gasteiger charge is 2.23. The fourth-order valence-corrected chi connectivity index (χ4v) is 3.58. The van der Waals surface area contributed by atoms with Gasteiger partial charge in [0, 0.05) is 7.05 Å². The van der Waals surface area contributed by atoms with Gasteiger partial charge in [-0.1, -0.05) is 29.8 Å². The largest absolute Gasteiger partial charge is 0.494 e. The van der Waals surface area contributed by atoms with Crippen LogP contribution in [-0.4, -0.2) is 44.7 Å².